The molecule has 1 aromatic rings. The number of aryl methyl sites for hydroxylation is 1. The molecule has 0 aromatic heterocycles. The fourth-order valence-corrected chi connectivity index (χ4v) is 3.26. The van der Waals surface area contributed by atoms with Gasteiger partial charge in [0.15, 0.2) is 0 Å². The van der Waals surface area contributed by atoms with E-state index in [1.807, 2.05) is 0 Å². The summed E-state index contributed by atoms with van der Waals surface area (Å²) in [6.07, 6.45) is 5.52. The standard InChI is InChI=1S/C17H24O3/c1-2-15-12-17(18,8-10-19-15)7-5-13-3-4-16-14(11-13)6-9-20-16/h3-4,11,15,18H,2,5-10,12H2,1H3. The maximum atomic E-state index is 10.7. The molecule has 0 bridgehead atoms. The van der Waals surface area contributed by atoms with Crippen LogP contribution in [0, 0.1) is 0 Å². The van der Waals surface area contributed by atoms with Crippen molar-refractivity contribution >= 4 is 0 Å². The second-order valence-electron chi connectivity index (χ2n) is 6.12. The van der Waals surface area contributed by atoms with Gasteiger partial charge in [0, 0.05) is 19.4 Å². The summed E-state index contributed by atoms with van der Waals surface area (Å²) in [6, 6.07) is 6.44. The predicted octanol–water partition coefficient (Wildman–Crippen LogP) is 2.87. The molecule has 1 aromatic carbocycles. The zero-order chi connectivity index (χ0) is 14.0. The molecule has 20 heavy (non-hydrogen) atoms. The minimum absolute atomic E-state index is 0.224. The van der Waals surface area contributed by atoms with Crippen LogP contribution >= 0.6 is 0 Å². The third-order valence-corrected chi connectivity index (χ3v) is 4.62. The first-order valence-corrected chi connectivity index (χ1v) is 7.77. The van der Waals surface area contributed by atoms with E-state index in [2.05, 4.69) is 25.1 Å². The number of hydrogen-bond acceptors (Lipinski definition) is 3. The van der Waals surface area contributed by atoms with Gasteiger partial charge in [-0.25, -0.2) is 0 Å². The van der Waals surface area contributed by atoms with Crippen LogP contribution in [-0.4, -0.2) is 30.0 Å². The Morgan fingerprint density at radius 1 is 1.35 bits per heavy atom. The molecule has 0 saturated carbocycles. The van der Waals surface area contributed by atoms with Crippen LogP contribution in [0.1, 0.15) is 43.7 Å². The molecule has 1 fully saturated rings. The largest absolute Gasteiger partial charge is 0.493 e. The topological polar surface area (TPSA) is 38.7 Å². The maximum absolute atomic E-state index is 10.7. The van der Waals surface area contributed by atoms with Crippen molar-refractivity contribution in [2.75, 3.05) is 13.2 Å². The van der Waals surface area contributed by atoms with E-state index in [0.717, 1.165) is 50.9 Å². The predicted molar refractivity (Wildman–Crippen MR) is 78.2 cm³/mol. The summed E-state index contributed by atoms with van der Waals surface area (Å²) in [4.78, 5) is 0. The van der Waals surface area contributed by atoms with E-state index in [9.17, 15) is 5.11 Å². The molecule has 0 radical (unpaired) electrons. The molecule has 2 atom stereocenters. The summed E-state index contributed by atoms with van der Waals surface area (Å²) in [5.41, 5.74) is 2.07. The van der Waals surface area contributed by atoms with E-state index in [4.69, 9.17) is 9.47 Å². The van der Waals surface area contributed by atoms with Gasteiger partial charge < -0.3 is 14.6 Å². The van der Waals surface area contributed by atoms with Crippen molar-refractivity contribution in [1.82, 2.24) is 0 Å². The first-order chi connectivity index (χ1) is 9.68. The maximum Gasteiger partial charge on any atom is 0.122 e. The van der Waals surface area contributed by atoms with E-state index in [1.165, 1.54) is 11.1 Å². The van der Waals surface area contributed by atoms with Crippen molar-refractivity contribution in [3.05, 3.63) is 29.3 Å². The molecule has 2 aliphatic heterocycles. The van der Waals surface area contributed by atoms with E-state index >= 15 is 0 Å². The molecular weight excluding hydrogens is 252 g/mol. The summed E-state index contributed by atoms with van der Waals surface area (Å²) in [5, 5.41) is 10.7. The van der Waals surface area contributed by atoms with E-state index < -0.39 is 5.60 Å². The Hall–Kier alpha value is -1.06. The van der Waals surface area contributed by atoms with Crippen LogP contribution in [0.5, 0.6) is 5.75 Å². The molecule has 1 N–H and O–H groups in total. The van der Waals surface area contributed by atoms with Crippen molar-refractivity contribution in [1.29, 1.82) is 0 Å². The first-order valence-electron chi connectivity index (χ1n) is 7.77. The van der Waals surface area contributed by atoms with Gasteiger partial charge in [0.1, 0.15) is 5.75 Å². The Bertz CT molecular complexity index is 471. The minimum Gasteiger partial charge on any atom is -0.493 e. The molecule has 0 spiro atoms. The van der Waals surface area contributed by atoms with Crippen LogP contribution in [0.4, 0.5) is 0 Å². The highest BCUT2D eigenvalue weighted by atomic mass is 16.5. The third-order valence-electron chi connectivity index (χ3n) is 4.62. The molecule has 0 aliphatic carbocycles. The van der Waals surface area contributed by atoms with Gasteiger partial charge in [-0.05, 0) is 42.9 Å². The Kier molecular flexibility index (Phi) is 3.99. The lowest BCUT2D eigenvalue weighted by atomic mass is 9.84. The normalized spacial score (nSPS) is 29.0. The van der Waals surface area contributed by atoms with Crippen molar-refractivity contribution in [3.63, 3.8) is 0 Å². The number of rotatable bonds is 4. The first kappa shape index (κ1) is 13.9. The summed E-state index contributed by atoms with van der Waals surface area (Å²) < 4.78 is 11.2. The SMILES string of the molecule is CCC1CC(O)(CCc2ccc3c(c2)CCO3)CCO1. The average Bonchev–Trinajstić information content (AvgIpc) is 2.93. The third kappa shape index (κ3) is 2.99. The van der Waals surface area contributed by atoms with E-state index in [1.54, 1.807) is 0 Å². The van der Waals surface area contributed by atoms with Crippen LogP contribution in [0.2, 0.25) is 0 Å². The highest BCUT2D eigenvalue weighted by Gasteiger charge is 2.33. The zero-order valence-electron chi connectivity index (χ0n) is 12.2. The number of hydrogen-bond donors (Lipinski definition) is 1. The number of fused-ring (bicyclic) bond motifs is 1. The van der Waals surface area contributed by atoms with Gasteiger partial charge in [0.2, 0.25) is 0 Å². The summed E-state index contributed by atoms with van der Waals surface area (Å²) in [7, 11) is 0. The van der Waals surface area contributed by atoms with E-state index in [-0.39, 0.29) is 6.10 Å². The Morgan fingerprint density at radius 2 is 2.25 bits per heavy atom. The fourth-order valence-electron chi connectivity index (χ4n) is 3.26. The Labute approximate surface area is 120 Å². The minimum atomic E-state index is -0.547. The lowest BCUT2D eigenvalue weighted by molar-refractivity contribution is -0.107. The molecule has 2 heterocycles. The lowest BCUT2D eigenvalue weighted by Crippen LogP contribution is -2.41. The van der Waals surface area contributed by atoms with Gasteiger partial charge >= 0.3 is 0 Å². The van der Waals surface area contributed by atoms with Gasteiger partial charge in [0.05, 0.1) is 18.3 Å². The van der Waals surface area contributed by atoms with Gasteiger partial charge in [0.25, 0.3) is 0 Å². The van der Waals surface area contributed by atoms with Crippen molar-refractivity contribution in [2.24, 2.45) is 0 Å². The van der Waals surface area contributed by atoms with Crippen LogP contribution in [0.25, 0.3) is 0 Å². The van der Waals surface area contributed by atoms with Crippen LogP contribution in [0.3, 0.4) is 0 Å². The molecule has 2 unspecified atom stereocenters. The monoisotopic (exact) mass is 276 g/mol. The average molecular weight is 276 g/mol. The van der Waals surface area contributed by atoms with Crippen molar-refractivity contribution in [2.45, 2.75) is 57.2 Å². The van der Waals surface area contributed by atoms with Gasteiger partial charge in [-0.3, -0.25) is 0 Å². The van der Waals surface area contributed by atoms with Crippen molar-refractivity contribution in [3.8, 4) is 5.75 Å². The number of benzene rings is 1. The quantitative estimate of drug-likeness (QED) is 0.919. The lowest BCUT2D eigenvalue weighted by Gasteiger charge is -2.36. The fraction of sp³-hybridized carbons (Fsp3) is 0.647. The Balaban J connectivity index is 1.61. The second kappa shape index (κ2) is 5.74. The molecule has 3 heteroatoms. The van der Waals surface area contributed by atoms with Crippen LogP contribution in [-0.2, 0) is 17.6 Å². The molecule has 0 amide bonds. The summed E-state index contributed by atoms with van der Waals surface area (Å²) in [5.74, 6) is 1.03. The van der Waals surface area contributed by atoms with E-state index in [0.29, 0.717) is 6.61 Å². The van der Waals surface area contributed by atoms with Gasteiger partial charge in [-0.1, -0.05) is 19.1 Å². The molecule has 1 saturated heterocycles. The molecule has 2 aliphatic rings. The highest BCUT2D eigenvalue weighted by Crippen LogP contribution is 2.32. The summed E-state index contributed by atoms with van der Waals surface area (Å²) >= 11 is 0. The molecular formula is C17H24O3. The smallest absolute Gasteiger partial charge is 0.122 e. The molecule has 3 nitrogen and oxygen atoms in total. The number of aliphatic hydroxyl groups is 1. The number of ether oxygens (including phenoxy) is 2. The molecule has 110 valence electrons. The second-order valence-corrected chi connectivity index (χ2v) is 6.12. The van der Waals surface area contributed by atoms with Gasteiger partial charge in [-0.2, -0.15) is 0 Å². The Morgan fingerprint density at radius 3 is 3.10 bits per heavy atom. The highest BCUT2D eigenvalue weighted by molar-refractivity contribution is 5.39. The van der Waals surface area contributed by atoms with Crippen LogP contribution < -0.4 is 4.74 Å². The molecule has 3 rings (SSSR count). The zero-order valence-corrected chi connectivity index (χ0v) is 12.2. The van der Waals surface area contributed by atoms with Crippen molar-refractivity contribution < 1.29 is 14.6 Å². The summed E-state index contributed by atoms with van der Waals surface area (Å²) in [6.45, 7) is 3.61. The van der Waals surface area contributed by atoms with Gasteiger partial charge in [-0.15, -0.1) is 0 Å². The van der Waals surface area contributed by atoms with Crippen LogP contribution in [0.15, 0.2) is 18.2 Å².